The lowest BCUT2D eigenvalue weighted by Crippen LogP contribution is -2.21. The Morgan fingerprint density at radius 1 is 1.09 bits per heavy atom. The van der Waals surface area contributed by atoms with E-state index in [1.807, 2.05) is 13.0 Å². The Bertz CT molecular complexity index is 592. The second-order valence-electron chi connectivity index (χ2n) is 5.62. The van der Waals surface area contributed by atoms with Crippen LogP contribution in [0.25, 0.3) is 0 Å². The predicted molar refractivity (Wildman–Crippen MR) is 92.9 cm³/mol. The summed E-state index contributed by atoms with van der Waals surface area (Å²) in [5.41, 5.74) is 3.26. The van der Waals surface area contributed by atoms with Crippen molar-refractivity contribution in [3.8, 4) is 0 Å². The van der Waals surface area contributed by atoms with E-state index in [2.05, 4.69) is 70.8 Å². The van der Waals surface area contributed by atoms with E-state index in [1.165, 1.54) is 5.56 Å². The Morgan fingerprint density at radius 3 is 2.45 bits per heavy atom. The molecule has 0 unspecified atom stereocenters. The smallest absolute Gasteiger partial charge is 0.229 e. The molecule has 0 saturated carbocycles. The van der Waals surface area contributed by atoms with Gasteiger partial charge in [-0.2, -0.15) is 4.98 Å². The Labute approximate surface area is 132 Å². The molecule has 0 bridgehead atoms. The van der Waals surface area contributed by atoms with E-state index in [0.717, 1.165) is 36.7 Å². The lowest BCUT2D eigenvalue weighted by Gasteiger charge is -2.12. The zero-order chi connectivity index (χ0) is 15.9. The van der Waals surface area contributed by atoms with Gasteiger partial charge in [-0.1, -0.05) is 19.1 Å². The highest BCUT2D eigenvalue weighted by atomic mass is 15.2. The van der Waals surface area contributed by atoms with Crippen LogP contribution in [0.5, 0.6) is 0 Å². The number of aryl methyl sites for hydroxylation is 2. The molecule has 0 saturated heterocycles. The van der Waals surface area contributed by atoms with Crippen LogP contribution in [0.1, 0.15) is 18.2 Å². The molecule has 0 amide bonds. The van der Waals surface area contributed by atoms with Crippen molar-refractivity contribution >= 4 is 17.5 Å². The molecule has 0 aliphatic heterocycles. The van der Waals surface area contributed by atoms with E-state index in [0.29, 0.717) is 5.95 Å². The second kappa shape index (κ2) is 7.75. The Morgan fingerprint density at radius 2 is 1.82 bits per heavy atom. The molecule has 0 aliphatic rings. The SMILES string of the molecule is CCc1ccc(Nc2nc(C)cc(NCCN(C)C)n2)cc1. The topological polar surface area (TPSA) is 53.1 Å². The van der Waals surface area contributed by atoms with Crippen molar-refractivity contribution in [3.63, 3.8) is 0 Å². The zero-order valence-corrected chi connectivity index (χ0v) is 13.8. The van der Waals surface area contributed by atoms with E-state index in [4.69, 9.17) is 0 Å². The summed E-state index contributed by atoms with van der Waals surface area (Å²) < 4.78 is 0. The van der Waals surface area contributed by atoms with Crippen molar-refractivity contribution in [3.05, 3.63) is 41.6 Å². The molecular weight excluding hydrogens is 274 g/mol. The predicted octanol–water partition coefficient (Wildman–Crippen LogP) is 3.06. The van der Waals surface area contributed by atoms with Gasteiger partial charge in [-0.3, -0.25) is 0 Å². The number of hydrogen-bond donors (Lipinski definition) is 2. The fourth-order valence-electron chi connectivity index (χ4n) is 2.08. The Balaban J connectivity index is 2.04. The van der Waals surface area contributed by atoms with Crippen molar-refractivity contribution in [1.29, 1.82) is 0 Å². The van der Waals surface area contributed by atoms with Gasteiger partial charge in [0.15, 0.2) is 0 Å². The highest BCUT2D eigenvalue weighted by molar-refractivity contribution is 5.55. The molecule has 118 valence electrons. The van der Waals surface area contributed by atoms with Gasteiger partial charge in [0.25, 0.3) is 0 Å². The maximum Gasteiger partial charge on any atom is 0.229 e. The van der Waals surface area contributed by atoms with Crippen molar-refractivity contribution in [1.82, 2.24) is 14.9 Å². The van der Waals surface area contributed by atoms with Gasteiger partial charge < -0.3 is 15.5 Å². The van der Waals surface area contributed by atoms with Crippen LogP contribution in [-0.2, 0) is 6.42 Å². The molecule has 5 nitrogen and oxygen atoms in total. The summed E-state index contributed by atoms with van der Waals surface area (Å²) in [5.74, 6) is 1.47. The third kappa shape index (κ3) is 5.00. The molecule has 0 radical (unpaired) electrons. The molecule has 2 aromatic rings. The first-order chi connectivity index (χ1) is 10.6. The number of rotatable bonds is 7. The third-order valence-electron chi connectivity index (χ3n) is 3.34. The van der Waals surface area contributed by atoms with Gasteiger partial charge in [0.2, 0.25) is 5.95 Å². The molecule has 0 aliphatic carbocycles. The number of hydrogen-bond acceptors (Lipinski definition) is 5. The highest BCUT2D eigenvalue weighted by Gasteiger charge is 2.03. The molecule has 1 aromatic heterocycles. The molecule has 2 N–H and O–H groups in total. The summed E-state index contributed by atoms with van der Waals surface area (Å²) in [6, 6.07) is 10.3. The van der Waals surface area contributed by atoms with E-state index in [1.54, 1.807) is 0 Å². The quantitative estimate of drug-likeness (QED) is 0.823. The fourth-order valence-corrected chi connectivity index (χ4v) is 2.08. The van der Waals surface area contributed by atoms with Crippen LogP contribution in [-0.4, -0.2) is 42.1 Å². The molecule has 0 atom stereocenters. The van der Waals surface area contributed by atoms with Crippen LogP contribution in [0, 0.1) is 6.92 Å². The Kier molecular flexibility index (Phi) is 5.72. The summed E-state index contributed by atoms with van der Waals surface area (Å²) >= 11 is 0. The van der Waals surface area contributed by atoms with E-state index in [-0.39, 0.29) is 0 Å². The van der Waals surface area contributed by atoms with Gasteiger partial charge >= 0.3 is 0 Å². The number of likely N-dealkylation sites (N-methyl/N-ethyl adjacent to an activating group) is 1. The van der Waals surface area contributed by atoms with Gasteiger partial charge in [-0.05, 0) is 45.1 Å². The lowest BCUT2D eigenvalue weighted by atomic mass is 10.1. The second-order valence-corrected chi connectivity index (χ2v) is 5.62. The van der Waals surface area contributed by atoms with Crippen molar-refractivity contribution in [2.45, 2.75) is 20.3 Å². The molecule has 22 heavy (non-hydrogen) atoms. The summed E-state index contributed by atoms with van der Waals surface area (Å²) in [5, 5.41) is 6.59. The van der Waals surface area contributed by atoms with Crippen LogP contribution in [0.3, 0.4) is 0 Å². The average Bonchev–Trinajstić information content (AvgIpc) is 2.47. The van der Waals surface area contributed by atoms with E-state index >= 15 is 0 Å². The standard InChI is InChI=1S/C17H25N5/c1-5-14-6-8-15(9-7-14)20-17-19-13(2)12-16(21-17)18-10-11-22(3)4/h6-9,12H,5,10-11H2,1-4H3,(H2,18,19,20,21). The molecule has 5 heteroatoms. The van der Waals surface area contributed by atoms with Crippen molar-refractivity contribution in [2.24, 2.45) is 0 Å². The van der Waals surface area contributed by atoms with Gasteiger partial charge in [0.05, 0.1) is 0 Å². The van der Waals surface area contributed by atoms with Crippen LogP contribution in [0.15, 0.2) is 30.3 Å². The van der Waals surface area contributed by atoms with Gasteiger partial charge in [-0.25, -0.2) is 4.98 Å². The zero-order valence-electron chi connectivity index (χ0n) is 13.8. The molecule has 1 heterocycles. The first kappa shape index (κ1) is 16.2. The number of nitrogens with one attached hydrogen (secondary N) is 2. The van der Waals surface area contributed by atoms with Crippen molar-refractivity contribution in [2.75, 3.05) is 37.8 Å². The largest absolute Gasteiger partial charge is 0.369 e. The number of aromatic nitrogens is 2. The van der Waals surface area contributed by atoms with Crippen LogP contribution < -0.4 is 10.6 Å². The summed E-state index contributed by atoms with van der Waals surface area (Å²) in [4.78, 5) is 11.1. The maximum absolute atomic E-state index is 4.52. The molecule has 0 spiro atoms. The van der Waals surface area contributed by atoms with Gasteiger partial charge in [0, 0.05) is 30.5 Å². The lowest BCUT2D eigenvalue weighted by molar-refractivity contribution is 0.425. The monoisotopic (exact) mass is 299 g/mol. The first-order valence-electron chi connectivity index (χ1n) is 7.67. The Hall–Kier alpha value is -2.14. The minimum Gasteiger partial charge on any atom is -0.369 e. The summed E-state index contributed by atoms with van der Waals surface area (Å²) in [6.45, 7) is 5.94. The van der Waals surface area contributed by atoms with E-state index in [9.17, 15) is 0 Å². The van der Waals surface area contributed by atoms with Crippen molar-refractivity contribution < 1.29 is 0 Å². The first-order valence-corrected chi connectivity index (χ1v) is 7.67. The minimum absolute atomic E-state index is 0.622. The summed E-state index contributed by atoms with van der Waals surface area (Å²) in [7, 11) is 4.11. The molecular formula is C17H25N5. The average molecular weight is 299 g/mol. The highest BCUT2D eigenvalue weighted by Crippen LogP contribution is 2.16. The normalized spacial score (nSPS) is 10.8. The van der Waals surface area contributed by atoms with Crippen LogP contribution in [0.2, 0.25) is 0 Å². The van der Waals surface area contributed by atoms with E-state index < -0.39 is 0 Å². The number of benzene rings is 1. The summed E-state index contributed by atoms with van der Waals surface area (Å²) in [6.07, 6.45) is 1.04. The third-order valence-corrected chi connectivity index (χ3v) is 3.34. The maximum atomic E-state index is 4.52. The van der Waals surface area contributed by atoms with Gasteiger partial charge in [0.1, 0.15) is 5.82 Å². The molecule has 1 aromatic carbocycles. The van der Waals surface area contributed by atoms with Crippen LogP contribution in [0.4, 0.5) is 17.5 Å². The fraction of sp³-hybridized carbons (Fsp3) is 0.412. The molecule has 0 fully saturated rings. The minimum atomic E-state index is 0.622. The number of nitrogens with zero attached hydrogens (tertiary/aromatic N) is 3. The van der Waals surface area contributed by atoms with Gasteiger partial charge in [-0.15, -0.1) is 0 Å². The van der Waals surface area contributed by atoms with Crippen LogP contribution >= 0.6 is 0 Å². The molecule has 2 rings (SSSR count). The number of anilines is 3.